The Bertz CT molecular complexity index is 1330. The van der Waals surface area contributed by atoms with Gasteiger partial charge in [0, 0.05) is 16.5 Å². The van der Waals surface area contributed by atoms with Gasteiger partial charge >= 0.3 is 5.97 Å². The summed E-state index contributed by atoms with van der Waals surface area (Å²) in [5.41, 5.74) is 5.53. The number of hydrogen-bond donors (Lipinski definition) is 2. The van der Waals surface area contributed by atoms with E-state index in [-0.39, 0.29) is 11.5 Å². The maximum atomic E-state index is 11.7. The summed E-state index contributed by atoms with van der Waals surface area (Å²) in [6, 6.07) is 28.7. The number of fused-ring (bicyclic) bond motifs is 1. The molecule has 5 rings (SSSR count). The lowest BCUT2D eigenvalue weighted by molar-refractivity contribution is 0.0508. The minimum Gasteiger partial charge on any atom is -0.493 e. The van der Waals surface area contributed by atoms with E-state index >= 15 is 0 Å². The normalized spacial score (nSPS) is 17.0. The third-order valence-electron chi connectivity index (χ3n) is 6.31. The molecule has 0 fully saturated rings. The predicted octanol–water partition coefficient (Wildman–Crippen LogP) is 6.66. The Kier molecular flexibility index (Phi) is 6.10. The predicted molar refractivity (Wildman–Crippen MR) is 133 cm³/mol. The molecule has 0 amide bonds. The smallest absolute Gasteiger partial charge is 0.336 e. The van der Waals surface area contributed by atoms with Crippen LogP contribution in [-0.2, 0) is 6.42 Å². The summed E-state index contributed by atoms with van der Waals surface area (Å²) in [6.45, 7) is 0.374. The van der Waals surface area contributed by atoms with Gasteiger partial charge in [-0.25, -0.2) is 4.79 Å². The van der Waals surface area contributed by atoms with Crippen LogP contribution in [0.15, 0.2) is 91.0 Å². The molecule has 34 heavy (non-hydrogen) atoms. The maximum Gasteiger partial charge on any atom is 0.336 e. The second kappa shape index (κ2) is 9.34. The van der Waals surface area contributed by atoms with Crippen LogP contribution < -0.4 is 4.74 Å². The molecule has 0 unspecified atom stereocenters. The van der Waals surface area contributed by atoms with Gasteiger partial charge in [0.25, 0.3) is 0 Å². The molecule has 4 nitrogen and oxygen atoms in total. The minimum absolute atomic E-state index is 0.0818. The van der Waals surface area contributed by atoms with Crippen molar-refractivity contribution in [3.8, 4) is 28.0 Å². The van der Waals surface area contributed by atoms with Gasteiger partial charge in [-0.3, -0.25) is 0 Å². The zero-order valence-corrected chi connectivity index (χ0v) is 19.1. The van der Waals surface area contributed by atoms with Gasteiger partial charge in [-0.2, -0.15) is 0 Å². The Morgan fingerprint density at radius 2 is 1.59 bits per heavy atom. The molecule has 0 saturated heterocycles. The van der Waals surface area contributed by atoms with E-state index in [2.05, 4.69) is 36.4 Å². The van der Waals surface area contributed by atoms with Gasteiger partial charge in [-0.05, 0) is 58.5 Å². The van der Waals surface area contributed by atoms with Gasteiger partial charge in [0.2, 0.25) is 0 Å². The van der Waals surface area contributed by atoms with Crippen LogP contribution in [0.1, 0.15) is 27.6 Å². The van der Waals surface area contributed by atoms with Crippen molar-refractivity contribution in [2.75, 3.05) is 6.61 Å². The Labute approximate surface area is 203 Å². The Morgan fingerprint density at radius 3 is 2.32 bits per heavy atom. The minimum atomic E-state index is -1.02. The Balaban J connectivity index is 1.36. The third kappa shape index (κ3) is 4.43. The van der Waals surface area contributed by atoms with E-state index in [0.717, 1.165) is 11.1 Å². The van der Waals surface area contributed by atoms with Crippen LogP contribution in [0.5, 0.6) is 5.75 Å². The molecule has 0 aromatic heterocycles. The number of aromatic carboxylic acids is 1. The van der Waals surface area contributed by atoms with Crippen molar-refractivity contribution in [3.05, 3.63) is 113 Å². The fourth-order valence-corrected chi connectivity index (χ4v) is 4.66. The first kappa shape index (κ1) is 22.2. The van der Waals surface area contributed by atoms with Crippen LogP contribution in [0, 0.1) is 5.92 Å². The molecule has 0 aliphatic carbocycles. The number of halogens is 1. The van der Waals surface area contributed by atoms with E-state index in [4.69, 9.17) is 16.3 Å². The molecule has 2 N–H and O–H groups in total. The van der Waals surface area contributed by atoms with Gasteiger partial charge < -0.3 is 14.9 Å². The van der Waals surface area contributed by atoms with Gasteiger partial charge in [0.15, 0.2) is 0 Å². The molecule has 1 aliphatic heterocycles. The molecule has 5 heteroatoms. The molecular weight excluding hydrogens is 448 g/mol. The largest absolute Gasteiger partial charge is 0.493 e. The first-order valence-electron chi connectivity index (χ1n) is 11.1. The van der Waals surface area contributed by atoms with Crippen molar-refractivity contribution in [2.45, 2.75) is 12.5 Å². The molecular formula is C29H23ClO4. The molecule has 0 saturated carbocycles. The zero-order chi connectivity index (χ0) is 23.7. The highest BCUT2D eigenvalue weighted by molar-refractivity contribution is 6.31. The molecule has 4 aromatic rings. The van der Waals surface area contributed by atoms with Gasteiger partial charge in [0.05, 0.1) is 18.3 Å². The molecule has 0 bridgehead atoms. The number of carboxylic acids is 1. The van der Waals surface area contributed by atoms with Crippen LogP contribution in [0.3, 0.4) is 0 Å². The summed E-state index contributed by atoms with van der Waals surface area (Å²) in [5, 5.41) is 21.1. The number of aliphatic hydroxyl groups is 1. The lowest BCUT2D eigenvalue weighted by Crippen LogP contribution is -2.27. The van der Waals surface area contributed by atoms with E-state index in [0.29, 0.717) is 40.5 Å². The fraction of sp³-hybridized carbons (Fsp3) is 0.138. The maximum absolute atomic E-state index is 11.7. The van der Waals surface area contributed by atoms with Crippen molar-refractivity contribution < 1.29 is 19.7 Å². The lowest BCUT2D eigenvalue weighted by atomic mass is 9.86. The van der Waals surface area contributed by atoms with Gasteiger partial charge in [0.1, 0.15) is 5.75 Å². The number of ether oxygens (including phenoxy) is 1. The van der Waals surface area contributed by atoms with E-state index in [1.165, 1.54) is 11.6 Å². The monoisotopic (exact) mass is 470 g/mol. The second-order valence-corrected chi connectivity index (χ2v) is 8.97. The van der Waals surface area contributed by atoms with Crippen LogP contribution in [0.25, 0.3) is 22.3 Å². The highest BCUT2D eigenvalue weighted by Crippen LogP contribution is 2.40. The number of hydrogen-bond acceptors (Lipinski definition) is 3. The van der Waals surface area contributed by atoms with Gasteiger partial charge in [-0.15, -0.1) is 0 Å². The molecule has 1 aliphatic rings. The van der Waals surface area contributed by atoms with Crippen LogP contribution in [0.4, 0.5) is 0 Å². The first-order valence-corrected chi connectivity index (χ1v) is 11.5. The van der Waals surface area contributed by atoms with E-state index in [1.807, 2.05) is 24.3 Å². The highest BCUT2D eigenvalue weighted by atomic mass is 35.5. The zero-order valence-electron chi connectivity index (χ0n) is 18.3. The summed E-state index contributed by atoms with van der Waals surface area (Å²) in [4.78, 5) is 11.7. The summed E-state index contributed by atoms with van der Waals surface area (Å²) in [6.07, 6.45) is 0.0134. The quantitative estimate of drug-likeness (QED) is 0.342. The van der Waals surface area contributed by atoms with Crippen molar-refractivity contribution >= 4 is 17.6 Å². The summed E-state index contributed by atoms with van der Waals surface area (Å²) < 4.78 is 6.02. The van der Waals surface area contributed by atoms with E-state index in [1.54, 1.807) is 24.3 Å². The standard InChI is InChI=1S/C29H23ClO4/c30-23-11-13-24(29(32)33)26(16-23)21-10-12-25-27(15-21)34-17-22(28(25)31)14-18-6-8-20(9-7-18)19-4-2-1-3-5-19/h1-13,15-16,22,28,31H,14,17H2,(H,32,33)/t22-,28+/m0/s1. The Morgan fingerprint density at radius 1 is 0.882 bits per heavy atom. The number of aliphatic hydroxyl groups excluding tert-OH is 1. The van der Waals surface area contributed by atoms with Crippen molar-refractivity contribution in [2.24, 2.45) is 5.92 Å². The van der Waals surface area contributed by atoms with E-state index < -0.39 is 12.1 Å². The fourth-order valence-electron chi connectivity index (χ4n) is 4.49. The summed E-state index contributed by atoms with van der Waals surface area (Å²) >= 11 is 6.11. The molecule has 170 valence electrons. The molecule has 4 aromatic carbocycles. The molecule has 2 atom stereocenters. The Hall–Kier alpha value is -3.60. The number of carboxylic acid groups (broad SMARTS) is 1. The first-order chi connectivity index (χ1) is 16.5. The molecule has 0 radical (unpaired) electrons. The van der Waals surface area contributed by atoms with Crippen LogP contribution in [0.2, 0.25) is 5.02 Å². The van der Waals surface area contributed by atoms with Crippen molar-refractivity contribution in [3.63, 3.8) is 0 Å². The number of carbonyl (C=O) groups is 1. The van der Waals surface area contributed by atoms with Gasteiger partial charge in [-0.1, -0.05) is 78.3 Å². The second-order valence-electron chi connectivity index (χ2n) is 8.53. The van der Waals surface area contributed by atoms with Crippen LogP contribution >= 0.6 is 11.6 Å². The van der Waals surface area contributed by atoms with Crippen molar-refractivity contribution in [1.82, 2.24) is 0 Å². The third-order valence-corrected chi connectivity index (χ3v) is 6.55. The average molecular weight is 471 g/mol. The highest BCUT2D eigenvalue weighted by Gasteiger charge is 2.30. The van der Waals surface area contributed by atoms with E-state index in [9.17, 15) is 15.0 Å². The number of rotatable bonds is 5. The summed E-state index contributed by atoms with van der Waals surface area (Å²) in [7, 11) is 0. The SMILES string of the molecule is O=C(O)c1ccc(Cl)cc1-c1ccc2c(c1)OC[C@H](Cc1ccc(-c3ccccc3)cc1)[C@H]2O. The summed E-state index contributed by atoms with van der Waals surface area (Å²) in [5.74, 6) is -0.539. The molecule has 0 spiro atoms. The topological polar surface area (TPSA) is 66.8 Å². The van der Waals surface area contributed by atoms with Crippen molar-refractivity contribution in [1.29, 1.82) is 0 Å². The van der Waals surface area contributed by atoms with Crippen LogP contribution in [-0.4, -0.2) is 22.8 Å². The number of benzene rings is 4. The molecule has 1 heterocycles. The average Bonchev–Trinajstić information content (AvgIpc) is 2.86. The lowest BCUT2D eigenvalue weighted by Gasteiger charge is -2.31.